The van der Waals surface area contributed by atoms with E-state index in [4.69, 9.17) is 5.26 Å². The number of aromatic nitrogens is 4. The van der Waals surface area contributed by atoms with Crippen molar-refractivity contribution in [1.82, 2.24) is 20.2 Å². The summed E-state index contributed by atoms with van der Waals surface area (Å²) in [5.74, 6) is -1.36. The van der Waals surface area contributed by atoms with Crippen LogP contribution in [0.4, 0.5) is 23.2 Å². The van der Waals surface area contributed by atoms with Crippen molar-refractivity contribution in [3.05, 3.63) is 59.4 Å². The fourth-order valence-corrected chi connectivity index (χ4v) is 2.70. The number of halogens is 4. The number of hydrogen-bond acceptors (Lipinski definition) is 6. The molecule has 160 valence electrons. The van der Waals surface area contributed by atoms with Crippen LogP contribution in [0.15, 0.2) is 42.5 Å². The highest BCUT2D eigenvalue weighted by molar-refractivity contribution is 5.97. The number of aliphatic hydroxyl groups is 1. The third kappa shape index (κ3) is 4.84. The molecule has 2 aromatic carbocycles. The number of nitrogens with zero attached hydrogens (tertiary/aromatic N) is 5. The molecule has 0 spiro atoms. The summed E-state index contributed by atoms with van der Waals surface area (Å²) in [6.07, 6.45) is -4.80. The first-order chi connectivity index (χ1) is 14.5. The predicted octanol–water partition coefficient (Wildman–Crippen LogP) is 2.76. The molecule has 31 heavy (non-hydrogen) atoms. The zero-order valence-corrected chi connectivity index (χ0v) is 15.9. The Morgan fingerprint density at radius 1 is 1.23 bits per heavy atom. The van der Waals surface area contributed by atoms with E-state index in [1.54, 1.807) is 0 Å². The molecule has 0 bridgehead atoms. The Bertz CT molecular complexity index is 1150. The molecule has 0 radical (unpaired) electrons. The van der Waals surface area contributed by atoms with Crippen LogP contribution in [0.2, 0.25) is 0 Å². The monoisotopic (exact) mass is 434 g/mol. The van der Waals surface area contributed by atoms with Gasteiger partial charge in [-0.2, -0.15) is 18.4 Å². The minimum absolute atomic E-state index is 0.144. The van der Waals surface area contributed by atoms with Gasteiger partial charge in [-0.25, -0.2) is 9.07 Å². The minimum Gasteiger partial charge on any atom is -0.378 e. The number of anilines is 1. The molecule has 0 unspecified atom stereocenters. The van der Waals surface area contributed by atoms with Crippen molar-refractivity contribution in [2.45, 2.75) is 25.2 Å². The third-order valence-electron chi connectivity index (χ3n) is 4.28. The summed E-state index contributed by atoms with van der Waals surface area (Å²) in [5.41, 5.74) is -3.78. The van der Waals surface area contributed by atoms with Crippen LogP contribution in [0, 0.1) is 17.1 Å². The maximum absolute atomic E-state index is 13.1. The molecule has 0 saturated heterocycles. The molecule has 1 amide bonds. The van der Waals surface area contributed by atoms with Crippen molar-refractivity contribution < 1.29 is 27.5 Å². The Morgan fingerprint density at radius 3 is 2.52 bits per heavy atom. The Balaban J connectivity index is 1.81. The summed E-state index contributed by atoms with van der Waals surface area (Å²) in [6, 6.07) is 9.25. The van der Waals surface area contributed by atoms with Crippen LogP contribution >= 0.6 is 0 Å². The van der Waals surface area contributed by atoms with Crippen molar-refractivity contribution >= 4 is 11.6 Å². The standard InChI is InChI=1S/C19H14F4N6O2/c1-18(31,10-29-16(26-27-28-29)11-2-5-13(20)6-3-11)17(30)25-14-7-4-12(9-24)15(8-14)19(21,22)23/h2-8,31H,10H2,1H3,(H,25,30)/t18-/m0/s1. The van der Waals surface area contributed by atoms with E-state index in [2.05, 4.69) is 20.8 Å². The Labute approximate surface area is 172 Å². The van der Waals surface area contributed by atoms with Crippen LogP contribution in [0.3, 0.4) is 0 Å². The number of alkyl halides is 3. The summed E-state index contributed by atoms with van der Waals surface area (Å²) in [6.45, 7) is 0.688. The summed E-state index contributed by atoms with van der Waals surface area (Å²) in [4.78, 5) is 12.5. The second-order valence-corrected chi connectivity index (χ2v) is 6.76. The van der Waals surface area contributed by atoms with Crippen molar-refractivity contribution in [1.29, 1.82) is 5.26 Å². The number of nitrogens with one attached hydrogen (secondary N) is 1. The topological polar surface area (TPSA) is 117 Å². The van der Waals surface area contributed by atoms with E-state index < -0.39 is 41.2 Å². The summed E-state index contributed by atoms with van der Waals surface area (Å²) < 4.78 is 53.5. The van der Waals surface area contributed by atoms with Crippen LogP contribution in [-0.2, 0) is 17.5 Å². The Morgan fingerprint density at radius 2 is 1.90 bits per heavy atom. The average molecular weight is 434 g/mol. The average Bonchev–Trinajstić information content (AvgIpc) is 3.15. The lowest BCUT2D eigenvalue weighted by Gasteiger charge is -2.23. The molecule has 2 N–H and O–H groups in total. The Hall–Kier alpha value is -3.85. The number of benzene rings is 2. The summed E-state index contributed by atoms with van der Waals surface area (Å²) in [5, 5.41) is 32.6. The normalized spacial score (nSPS) is 13.3. The van der Waals surface area contributed by atoms with Gasteiger partial charge in [0.05, 0.1) is 23.7 Å². The number of nitriles is 1. The highest BCUT2D eigenvalue weighted by Gasteiger charge is 2.36. The van der Waals surface area contributed by atoms with Crippen molar-refractivity contribution in [2.24, 2.45) is 0 Å². The van der Waals surface area contributed by atoms with Crippen molar-refractivity contribution in [2.75, 3.05) is 5.32 Å². The van der Waals surface area contributed by atoms with Crippen LogP contribution in [0.1, 0.15) is 18.1 Å². The maximum Gasteiger partial charge on any atom is 0.417 e. The number of rotatable bonds is 5. The largest absolute Gasteiger partial charge is 0.417 e. The minimum atomic E-state index is -4.80. The van der Waals surface area contributed by atoms with Gasteiger partial charge in [-0.3, -0.25) is 4.79 Å². The SMILES string of the molecule is C[C@](O)(Cn1nnnc1-c1ccc(F)cc1)C(=O)Nc1ccc(C#N)c(C(F)(F)F)c1. The van der Waals surface area contributed by atoms with Gasteiger partial charge >= 0.3 is 6.18 Å². The van der Waals surface area contributed by atoms with Gasteiger partial charge in [0.2, 0.25) is 0 Å². The molecule has 12 heteroatoms. The fraction of sp³-hybridized carbons (Fsp3) is 0.211. The van der Waals surface area contributed by atoms with Gasteiger partial charge in [-0.15, -0.1) is 5.10 Å². The predicted molar refractivity (Wildman–Crippen MR) is 98.6 cm³/mol. The van der Waals surface area contributed by atoms with Crippen LogP contribution < -0.4 is 5.32 Å². The van der Waals surface area contributed by atoms with Gasteiger partial charge in [-0.05, 0) is 59.8 Å². The first-order valence-electron chi connectivity index (χ1n) is 8.68. The second-order valence-electron chi connectivity index (χ2n) is 6.76. The highest BCUT2D eigenvalue weighted by Crippen LogP contribution is 2.33. The van der Waals surface area contributed by atoms with E-state index in [0.29, 0.717) is 11.6 Å². The zero-order chi connectivity index (χ0) is 22.8. The lowest BCUT2D eigenvalue weighted by Crippen LogP contribution is -2.44. The molecular weight excluding hydrogens is 420 g/mol. The van der Waals surface area contributed by atoms with Gasteiger partial charge in [0.15, 0.2) is 11.4 Å². The third-order valence-corrected chi connectivity index (χ3v) is 4.28. The van der Waals surface area contributed by atoms with Gasteiger partial charge in [0.1, 0.15) is 5.82 Å². The van der Waals surface area contributed by atoms with Crippen LogP contribution in [0.25, 0.3) is 11.4 Å². The Kier molecular flexibility index (Phi) is 5.72. The smallest absolute Gasteiger partial charge is 0.378 e. The molecule has 0 aliphatic carbocycles. The van der Waals surface area contributed by atoms with Gasteiger partial charge in [0.25, 0.3) is 5.91 Å². The molecule has 0 aliphatic heterocycles. The number of carbonyl (C=O) groups excluding carboxylic acids is 1. The molecule has 8 nitrogen and oxygen atoms in total. The molecule has 0 aliphatic rings. The van der Waals surface area contributed by atoms with E-state index >= 15 is 0 Å². The molecule has 1 aromatic heterocycles. The van der Waals surface area contributed by atoms with Crippen LogP contribution in [-0.4, -0.2) is 36.8 Å². The lowest BCUT2D eigenvalue weighted by atomic mass is 10.0. The zero-order valence-electron chi connectivity index (χ0n) is 15.9. The number of amides is 1. The molecule has 3 rings (SSSR count). The molecule has 1 heterocycles. The van der Waals surface area contributed by atoms with E-state index in [-0.39, 0.29) is 11.5 Å². The molecule has 3 aromatic rings. The van der Waals surface area contributed by atoms with Gasteiger partial charge < -0.3 is 10.4 Å². The van der Waals surface area contributed by atoms with E-state index in [1.807, 2.05) is 0 Å². The summed E-state index contributed by atoms with van der Waals surface area (Å²) in [7, 11) is 0. The summed E-state index contributed by atoms with van der Waals surface area (Å²) >= 11 is 0. The van der Waals surface area contributed by atoms with E-state index in [1.165, 1.54) is 30.3 Å². The number of tetrazole rings is 1. The van der Waals surface area contributed by atoms with E-state index in [0.717, 1.165) is 23.7 Å². The molecular formula is C19H14F4N6O2. The highest BCUT2D eigenvalue weighted by atomic mass is 19.4. The van der Waals surface area contributed by atoms with Crippen LogP contribution in [0.5, 0.6) is 0 Å². The number of carbonyl (C=O) groups is 1. The van der Waals surface area contributed by atoms with Gasteiger partial charge in [0, 0.05) is 11.3 Å². The number of hydrogen-bond donors (Lipinski definition) is 2. The molecule has 0 fully saturated rings. The first-order valence-corrected chi connectivity index (χ1v) is 8.68. The van der Waals surface area contributed by atoms with E-state index in [9.17, 15) is 27.5 Å². The quantitative estimate of drug-likeness (QED) is 0.597. The van der Waals surface area contributed by atoms with Gasteiger partial charge in [-0.1, -0.05) is 0 Å². The fourth-order valence-electron chi connectivity index (χ4n) is 2.70. The molecule has 0 saturated carbocycles. The lowest BCUT2D eigenvalue weighted by molar-refractivity contribution is -0.138. The maximum atomic E-state index is 13.1. The van der Waals surface area contributed by atoms with Crippen molar-refractivity contribution in [3.63, 3.8) is 0 Å². The van der Waals surface area contributed by atoms with Crippen molar-refractivity contribution in [3.8, 4) is 17.5 Å². The molecule has 1 atom stereocenters. The first kappa shape index (κ1) is 21.8. The second kappa shape index (κ2) is 8.11.